The first-order valence-electron chi connectivity index (χ1n) is 9.14. The first-order valence-corrected chi connectivity index (χ1v) is 9.14. The fourth-order valence-electron chi connectivity index (χ4n) is 3.97. The number of carbonyl (C=O) groups excluding carboxylic acids is 1. The molecular formula is C20H26N2O3. The van der Waals surface area contributed by atoms with E-state index in [9.17, 15) is 14.7 Å². The highest BCUT2D eigenvalue weighted by Gasteiger charge is 2.30. The molecule has 1 aliphatic carbocycles. The summed E-state index contributed by atoms with van der Waals surface area (Å²) in [6.45, 7) is 2.03. The van der Waals surface area contributed by atoms with E-state index in [2.05, 4.69) is 10.3 Å². The maximum absolute atomic E-state index is 12.6. The van der Waals surface area contributed by atoms with Crippen LogP contribution in [0.3, 0.4) is 0 Å². The van der Waals surface area contributed by atoms with Crippen LogP contribution in [0.4, 0.5) is 0 Å². The highest BCUT2D eigenvalue weighted by molar-refractivity contribution is 5.91. The van der Waals surface area contributed by atoms with Gasteiger partial charge >= 0.3 is 5.97 Å². The molecule has 0 bridgehead atoms. The fourth-order valence-corrected chi connectivity index (χ4v) is 3.97. The Labute approximate surface area is 147 Å². The Morgan fingerprint density at radius 1 is 1.20 bits per heavy atom. The molecule has 1 amide bonds. The van der Waals surface area contributed by atoms with Crippen molar-refractivity contribution in [2.75, 3.05) is 0 Å². The summed E-state index contributed by atoms with van der Waals surface area (Å²) < 4.78 is 0. The summed E-state index contributed by atoms with van der Waals surface area (Å²) in [5, 5.41) is 13.6. The molecule has 134 valence electrons. The maximum atomic E-state index is 12.6. The highest BCUT2D eigenvalue weighted by atomic mass is 16.4. The van der Waals surface area contributed by atoms with Crippen molar-refractivity contribution in [3.63, 3.8) is 0 Å². The quantitative estimate of drug-likeness (QED) is 0.794. The Morgan fingerprint density at radius 3 is 2.72 bits per heavy atom. The van der Waals surface area contributed by atoms with Gasteiger partial charge in [-0.25, -0.2) is 0 Å². The molecule has 2 atom stereocenters. The van der Waals surface area contributed by atoms with Crippen molar-refractivity contribution in [3.05, 3.63) is 35.5 Å². The number of amides is 1. The third-order valence-electron chi connectivity index (χ3n) is 5.28. The van der Waals surface area contributed by atoms with Crippen molar-refractivity contribution >= 4 is 22.8 Å². The van der Waals surface area contributed by atoms with Crippen molar-refractivity contribution in [1.82, 2.24) is 10.3 Å². The predicted octanol–water partition coefficient (Wildman–Crippen LogP) is 3.56. The maximum Gasteiger partial charge on any atom is 0.308 e. The van der Waals surface area contributed by atoms with E-state index in [-0.39, 0.29) is 18.4 Å². The van der Waals surface area contributed by atoms with Crippen LogP contribution in [0.1, 0.15) is 49.7 Å². The number of nitrogens with one attached hydrogen (secondary N) is 2. The summed E-state index contributed by atoms with van der Waals surface area (Å²) in [5.74, 6) is -1.37. The Balaban J connectivity index is 1.72. The second kappa shape index (κ2) is 7.72. The monoisotopic (exact) mass is 342 g/mol. The zero-order chi connectivity index (χ0) is 17.8. The molecule has 0 saturated heterocycles. The number of hydrogen-bond donors (Lipinski definition) is 3. The van der Waals surface area contributed by atoms with E-state index in [1.807, 2.05) is 31.3 Å². The summed E-state index contributed by atoms with van der Waals surface area (Å²) in [6.07, 6.45) is 7.63. The van der Waals surface area contributed by atoms with Crippen LogP contribution in [0.25, 0.3) is 10.9 Å². The Bertz CT molecular complexity index is 765. The fraction of sp³-hybridized carbons (Fsp3) is 0.500. The number of H-pyrrole nitrogens is 1. The number of benzene rings is 1. The Morgan fingerprint density at radius 2 is 1.96 bits per heavy atom. The molecule has 1 saturated carbocycles. The molecule has 1 fully saturated rings. The van der Waals surface area contributed by atoms with Gasteiger partial charge in [0.2, 0.25) is 5.91 Å². The van der Waals surface area contributed by atoms with E-state index in [0.29, 0.717) is 6.42 Å². The molecule has 5 heteroatoms. The minimum Gasteiger partial charge on any atom is -0.481 e. The lowest BCUT2D eigenvalue weighted by atomic mass is 9.86. The molecule has 2 aromatic rings. The summed E-state index contributed by atoms with van der Waals surface area (Å²) in [6, 6.07) is 5.76. The summed E-state index contributed by atoms with van der Waals surface area (Å²) in [7, 11) is 0. The van der Waals surface area contributed by atoms with E-state index < -0.39 is 11.9 Å². The Kier molecular flexibility index (Phi) is 5.41. The topological polar surface area (TPSA) is 82.2 Å². The van der Waals surface area contributed by atoms with E-state index >= 15 is 0 Å². The summed E-state index contributed by atoms with van der Waals surface area (Å²) in [4.78, 5) is 27.4. The van der Waals surface area contributed by atoms with Crippen LogP contribution < -0.4 is 5.32 Å². The zero-order valence-electron chi connectivity index (χ0n) is 14.7. The molecule has 0 spiro atoms. The van der Waals surface area contributed by atoms with Gasteiger partial charge in [0.25, 0.3) is 0 Å². The molecule has 1 aromatic heterocycles. The van der Waals surface area contributed by atoms with Gasteiger partial charge in [-0.2, -0.15) is 0 Å². The molecule has 3 N–H and O–H groups in total. The molecule has 0 aliphatic heterocycles. The second-order valence-corrected chi connectivity index (χ2v) is 7.10. The Hall–Kier alpha value is -2.30. The minimum absolute atomic E-state index is 0.0963. The van der Waals surface area contributed by atoms with Gasteiger partial charge in [0.15, 0.2) is 0 Å². The summed E-state index contributed by atoms with van der Waals surface area (Å²) >= 11 is 0. The molecule has 25 heavy (non-hydrogen) atoms. The molecule has 3 rings (SSSR count). The standard InChI is InChI=1S/C20H26N2O3/c1-13-7-6-10-17-19(13)14(12-21-17)11-18(23)22-16-9-5-3-2-4-8-15(16)20(24)25/h6-7,10,12,15-16,21H,2-5,8-9,11H2,1H3,(H,22,23)(H,24,25). The number of carbonyl (C=O) groups is 2. The predicted molar refractivity (Wildman–Crippen MR) is 97.5 cm³/mol. The number of carboxylic acids is 1. The van der Waals surface area contributed by atoms with Gasteiger partial charge in [-0.05, 0) is 37.0 Å². The van der Waals surface area contributed by atoms with Gasteiger partial charge in [0.1, 0.15) is 0 Å². The lowest BCUT2D eigenvalue weighted by molar-refractivity contribution is -0.143. The van der Waals surface area contributed by atoms with Crippen molar-refractivity contribution < 1.29 is 14.7 Å². The molecule has 1 heterocycles. The third kappa shape index (κ3) is 4.03. The third-order valence-corrected chi connectivity index (χ3v) is 5.28. The molecular weight excluding hydrogens is 316 g/mol. The number of rotatable bonds is 4. The van der Waals surface area contributed by atoms with Crippen molar-refractivity contribution in [2.24, 2.45) is 5.92 Å². The lowest BCUT2D eigenvalue weighted by Gasteiger charge is -2.27. The van der Waals surface area contributed by atoms with Crippen LogP contribution in [0, 0.1) is 12.8 Å². The number of aromatic amines is 1. The molecule has 5 nitrogen and oxygen atoms in total. The largest absolute Gasteiger partial charge is 0.481 e. The second-order valence-electron chi connectivity index (χ2n) is 7.10. The first-order chi connectivity index (χ1) is 12.1. The van der Waals surface area contributed by atoms with Crippen molar-refractivity contribution in [2.45, 2.75) is 57.9 Å². The normalized spacial score (nSPS) is 21.5. The first kappa shape index (κ1) is 17.5. The van der Waals surface area contributed by atoms with Crippen LogP contribution in [0.15, 0.2) is 24.4 Å². The van der Waals surface area contributed by atoms with E-state index in [1.165, 1.54) is 0 Å². The number of carboxylic acid groups (broad SMARTS) is 1. The molecule has 0 radical (unpaired) electrons. The van der Waals surface area contributed by atoms with Crippen molar-refractivity contribution in [1.29, 1.82) is 0 Å². The van der Waals surface area contributed by atoms with Gasteiger partial charge in [-0.1, -0.05) is 37.8 Å². The summed E-state index contributed by atoms with van der Waals surface area (Å²) in [5.41, 5.74) is 3.12. The SMILES string of the molecule is Cc1cccc2[nH]cc(CC(=O)NC3CCCCCCC3C(=O)O)c12. The van der Waals surface area contributed by atoms with E-state index in [4.69, 9.17) is 0 Å². The number of hydrogen-bond acceptors (Lipinski definition) is 2. The van der Waals surface area contributed by atoms with Crippen LogP contribution in [0.2, 0.25) is 0 Å². The van der Waals surface area contributed by atoms with Gasteiger partial charge in [0.05, 0.1) is 12.3 Å². The number of fused-ring (bicyclic) bond motifs is 1. The van der Waals surface area contributed by atoms with Crippen LogP contribution in [-0.2, 0) is 16.0 Å². The zero-order valence-corrected chi connectivity index (χ0v) is 14.7. The smallest absolute Gasteiger partial charge is 0.308 e. The number of aliphatic carboxylic acids is 1. The van der Waals surface area contributed by atoms with Gasteiger partial charge in [-0.3, -0.25) is 9.59 Å². The van der Waals surface area contributed by atoms with Crippen molar-refractivity contribution in [3.8, 4) is 0 Å². The molecule has 2 unspecified atom stereocenters. The van der Waals surface area contributed by atoms with Gasteiger partial charge in [-0.15, -0.1) is 0 Å². The average Bonchev–Trinajstić information content (AvgIpc) is 2.94. The number of aromatic nitrogens is 1. The molecule has 1 aromatic carbocycles. The van der Waals surface area contributed by atoms with Crippen LogP contribution >= 0.6 is 0 Å². The van der Waals surface area contributed by atoms with E-state index in [0.717, 1.165) is 54.1 Å². The van der Waals surface area contributed by atoms with Crippen LogP contribution in [0.5, 0.6) is 0 Å². The van der Waals surface area contributed by atoms with Crippen LogP contribution in [-0.4, -0.2) is 28.0 Å². The lowest BCUT2D eigenvalue weighted by Crippen LogP contribution is -2.44. The highest BCUT2D eigenvalue weighted by Crippen LogP contribution is 2.25. The average molecular weight is 342 g/mol. The van der Waals surface area contributed by atoms with Gasteiger partial charge in [0, 0.05) is 23.1 Å². The number of aryl methyl sites for hydroxylation is 1. The minimum atomic E-state index is -0.796. The van der Waals surface area contributed by atoms with E-state index in [1.54, 1.807) is 0 Å². The van der Waals surface area contributed by atoms with Gasteiger partial charge < -0.3 is 15.4 Å². The molecule has 1 aliphatic rings.